The summed E-state index contributed by atoms with van der Waals surface area (Å²) in [5.41, 5.74) is 32.2. The van der Waals surface area contributed by atoms with Gasteiger partial charge < -0.3 is 132 Å². The summed E-state index contributed by atoms with van der Waals surface area (Å²) in [7, 11) is 3.88. The van der Waals surface area contributed by atoms with Crippen molar-refractivity contribution in [1.29, 1.82) is 0 Å². The van der Waals surface area contributed by atoms with E-state index in [0.717, 1.165) is 36.3 Å². The molecule has 0 saturated carbocycles. The number of aliphatic hydroxyl groups is 1. The van der Waals surface area contributed by atoms with Crippen LogP contribution in [0.3, 0.4) is 0 Å². The number of carboxylic acid groups (broad SMARTS) is 1. The van der Waals surface area contributed by atoms with Gasteiger partial charge >= 0.3 is 5.97 Å². The molecular formula is C85H120N22O21S. The number of aliphatic hydroxyl groups excluding tert-OH is 1. The van der Waals surface area contributed by atoms with Crippen LogP contribution in [0.5, 0.6) is 5.75 Å². The minimum absolute atomic E-state index is 0.00516. The smallest absolute Gasteiger partial charge is 0.303 e. The van der Waals surface area contributed by atoms with Crippen LogP contribution in [0.2, 0.25) is 0 Å². The van der Waals surface area contributed by atoms with Gasteiger partial charge in [-0.05, 0) is 92.9 Å². The number of hydrogen-bond donors (Lipinski definition) is 20. The van der Waals surface area contributed by atoms with Crippen LogP contribution in [-0.2, 0) is 106 Å². The van der Waals surface area contributed by atoms with Crippen molar-refractivity contribution in [2.75, 3.05) is 71.9 Å². The van der Waals surface area contributed by atoms with Crippen molar-refractivity contribution < 1.29 is 102 Å². The third-order valence-electron chi connectivity index (χ3n) is 23.0. The highest BCUT2D eigenvalue weighted by Crippen LogP contribution is 2.28. The number of amides is 17. The Bertz CT molecular complexity index is 4880. The molecule has 8 rings (SSSR count). The van der Waals surface area contributed by atoms with Crippen molar-refractivity contribution in [2.45, 2.75) is 214 Å². The Morgan fingerprint density at radius 1 is 0.512 bits per heavy atom. The first-order valence-electron chi connectivity index (χ1n) is 42.9. The maximum atomic E-state index is 15.7. The molecule has 17 amide bonds. The lowest BCUT2D eigenvalue weighted by Crippen LogP contribution is -2.62. The van der Waals surface area contributed by atoms with Crippen LogP contribution >= 0.6 is 11.8 Å². The van der Waals surface area contributed by atoms with Gasteiger partial charge in [-0.15, -0.1) is 11.8 Å². The average molecular weight is 1820 g/mol. The van der Waals surface area contributed by atoms with E-state index in [1.165, 1.54) is 52.3 Å². The number of nitrogens with one attached hydrogen (secondary N) is 12. The number of benzene rings is 3. The van der Waals surface area contributed by atoms with Gasteiger partial charge in [0.2, 0.25) is 100 Å². The molecule has 3 aliphatic rings. The average Bonchev–Trinajstić information content (AvgIpc) is 1.63. The molecule has 0 spiro atoms. The Hall–Kier alpha value is -12.8. The summed E-state index contributed by atoms with van der Waals surface area (Å²) in [6.45, 7) is 1.89. The summed E-state index contributed by atoms with van der Waals surface area (Å²) in [5.74, 6) is -19.3. The number of fused-ring (bicyclic) bond motifs is 4. The van der Waals surface area contributed by atoms with Crippen molar-refractivity contribution in [1.82, 2.24) is 87.6 Å². The molecule has 44 heteroatoms. The van der Waals surface area contributed by atoms with Crippen LogP contribution in [0.4, 0.5) is 0 Å². The molecule has 0 aliphatic carbocycles. The third kappa shape index (κ3) is 27.9. The molecule has 3 saturated heterocycles. The van der Waals surface area contributed by atoms with E-state index >= 15 is 28.8 Å². The van der Waals surface area contributed by atoms with Gasteiger partial charge in [-0.2, -0.15) is 0 Å². The largest absolute Gasteiger partial charge is 0.508 e. The zero-order chi connectivity index (χ0) is 94.6. The second-order valence-electron chi connectivity index (χ2n) is 32.4. The number of carboxylic acids is 1. The molecule has 702 valence electrons. The quantitative estimate of drug-likeness (QED) is 0.0275. The summed E-state index contributed by atoms with van der Waals surface area (Å²) < 4.78 is 0. The second kappa shape index (κ2) is 48.4. The Balaban J connectivity index is 1.18. The highest BCUT2D eigenvalue weighted by atomic mass is 32.2. The number of H-pyrrole nitrogens is 2. The number of aromatic amines is 2. The van der Waals surface area contributed by atoms with E-state index in [1.807, 2.05) is 13.8 Å². The maximum absolute atomic E-state index is 15.7. The fourth-order valence-corrected chi connectivity index (χ4v) is 16.6. The van der Waals surface area contributed by atoms with Crippen LogP contribution in [-0.4, -0.2) is 319 Å². The van der Waals surface area contributed by atoms with Gasteiger partial charge in [0, 0.05) is 119 Å². The number of aliphatic carboxylic acids is 1. The molecule has 5 aromatic rings. The van der Waals surface area contributed by atoms with E-state index in [4.69, 9.17) is 28.7 Å². The SMILES string of the molecule is CCCC[C@H]1C(=O)N(C)[C@@H](CCCC)C(=O)N[C@@H](CN)C(=O)N[C@H](C(=O)NCC(N)=O)CSCC(=O)N[C@@H](Cc2ccc(O)cc2)C(=O)N(C)[C@@H](C)C(=O)N[C@@H](CC(N)=O)C(=O)N2CCC[C@H]2C(=O)N[C@@H](CN)C(=O)N[C@@H](CCC(=O)O)C(=O)N2C[C@H](O)C[C@H]2C(=O)N[C@@H](Cc2c[nH]c3ccccc23)C(=O)N[C@@H](CCN)C(=O)N[C@@H](Cc2c[nH]c3ccccc23)C(=O)N1C. The van der Waals surface area contributed by atoms with Crippen molar-refractivity contribution in [3.8, 4) is 5.75 Å². The monoisotopic (exact) mass is 1820 g/mol. The standard InChI is InChI=1S/C85H120N22O21S/c1-7-9-20-64-78(121)100-62(38-88)77(120)102-63(73(116)93-41-69(90)111)43-129-44-70(112)94-58(32-46-23-25-49(108)26-24-46)81(124)103(4)45(3)72(115)98-60(36-68(89)110)84(127)106-31-15-22-65(106)79(122)101-61(37-87)76(119)96-56(27-28-71(113)114)83(126)107-42-50(109)35-67(107)80(123)97-57(33-47-39-91-53-18-13-11-16-51(47)53)75(118)95-55(29-30-86)74(117)99-59(34-48-40-92-54-19-14-12-17-52(48)54)82(125)105(6)66(21-10-8-2)85(128)104(64)5/h11-14,16-19,23-26,39-40,45,50,55-67,91-92,108-109H,7-10,15,20-22,27-38,41-44,86-88H2,1-6H3,(H2,89,110)(H2,90,111)(H,93,116)(H,94,112)(H,95,118)(H,96,119)(H,97,123)(H,98,115)(H,99,117)(H,100,121)(H,101,122)(H,102,120)(H,113,114)/t45-,50+,55-,56-,57-,58-,59-,60-,61-,62-,63-,64-,65-,66-,67-/m0/s1. The molecule has 0 radical (unpaired) electrons. The van der Waals surface area contributed by atoms with E-state index in [2.05, 4.69) is 63.1 Å². The van der Waals surface area contributed by atoms with E-state index in [-0.39, 0.29) is 70.2 Å². The number of primary amides is 2. The molecule has 2 aromatic heterocycles. The number of unbranched alkanes of at least 4 members (excludes halogenated alkanes) is 2. The first kappa shape index (κ1) is 102. The van der Waals surface area contributed by atoms with Crippen molar-refractivity contribution in [3.05, 3.63) is 102 Å². The molecule has 129 heavy (non-hydrogen) atoms. The van der Waals surface area contributed by atoms with Crippen LogP contribution in [0.25, 0.3) is 21.8 Å². The van der Waals surface area contributed by atoms with Crippen LogP contribution in [0.15, 0.2) is 85.2 Å². The lowest BCUT2D eigenvalue weighted by molar-refractivity contribution is -0.149. The predicted octanol–water partition coefficient (Wildman–Crippen LogP) is -5.07. The molecule has 15 atom stereocenters. The number of nitrogens with two attached hydrogens (primary N) is 5. The van der Waals surface area contributed by atoms with E-state index in [9.17, 15) is 72.9 Å². The Kier molecular flexibility index (Phi) is 38.1. The van der Waals surface area contributed by atoms with Gasteiger partial charge in [-0.1, -0.05) is 88.1 Å². The Morgan fingerprint density at radius 3 is 1.60 bits per heavy atom. The topological polar surface area (TPSA) is 666 Å². The minimum Gasteiger partial charge on any atom is -0.508 e. The van der Waals surface area contributed by atoms with Gasteiger partial charge in [0.1, 0.15) is 90.3 Å². The molecule has 3 aromatic carbocycles. The molecule has 5 heterocycles. The molecule has 3 fully saturated rings. The number of aromatic hydroxyl groups is 1. The molecule has 0 unspecified atom stereocenters. The number of para-hydroxylation sites is 2. The first-order valence-corrected chi connectivity index (χ1v) is 44.0. The zero-order valence-corrected chi connectivity index (χ0v) is 73.8. The number of aromatic nitrogens is 2. The van der Waals surface area contributed by atoms with Crippen LogP contribution in [0.1, 0.15) is 121 Å². The number of thioether (sulfide) groups is 1. The zero-order valence-electron chi connectivity index (χ0n) is 72.9. The molecule has 25 N–H and O–H groups in total. The van der Waals surface area contributed by atoms with Gasteiger partial charge in [-0.25, -0.2) is 0 Å². The van der Waals surface area contributed by atoms with Crippen molar-refractivity contribution in [2.24, 2.45) is 28.7 Å². The third-order valence-corrected chi connectivity index (χ3v) is 24.1. The summed E-state index contributed by atoms with van der Waals surface area (Å²) in [4.78, 5) is 270. The highest BCUT2D eigenvalue weighted by molar-refractivity contribution is 8.00. The van der Waals surface area contributed by atoms with Crippen LogP contribution < -0.4 is 81.8 Å². The van der Waals surface area contributed by atoms with Crippen LogP contribution in [0, 0.1) is 0 Å². The maximum Gasteiger partial charge on any atom is 0.303 e. The number of phenolic OH excluding ortho intramolecular Hbond substituents is 1. The number of carbonyl (C=O) groups excluding carboxylic acids is 17. The van der Waals surface area contributed by atoms with Gasteiger partial charge in [0.15, 0.2) is 0 Å². The summed E-state index contributed by atoms with van der Waals surface area (Å²) in [6, 6.07) is -2.74. The summed E-state index contributed by atoms with van der Waals surface area (Å²) >= 11 is 0.749. The van der Waals surface area contributed by atoms with Crippen molar-refractivity contribution in [3.63, 3.8) is 0 Å². The van der Waals surface area contributed by atoms with Gasteiger partial charge in [0.25, 0.3) is 0 Å². The lowest BCUT2D eigenvalue weighted by atomic mass is 10.00. The molecule has 43 nitrogen and oxygen atoms in total. The molecule has 3 aliphatic heterocycles. The number of nitrogens with zero attached hydrogens (tertiary/aromatic N) is 5. The van der Waals surface area contributed by atoms with Crippen molar-refractivity contribution >= 4 is 140 Å². The molecule has 0 bridgehead atoms. The van der Waals surface area contributed by atoms with E-state index in [1.54, 1.807) is 60.9 Å². The number of phenols is 1. The highest BCUT2D eigenvalue weighted by Gasteiger charge is 2.47. The number of likely N-dealkylation sites (N-methyl/N-ethyl adjacent to an activating group) is 3. The minimum atomic E-state index is -1.83. The fourth-order valence-electron chi connectivity index (χ4n) is 15.7. The lowest BCUT2D eigenvalue weighted by Gasteiger charge is -2.36. The van der Waals surface area contributed by atoms with Gasteiger partial charge in [0.05, 0.1) is 24.8 Å². The number of hydrogen-bond acceptors (Lipinski definition) is 24. The van der Waals surface area contributed by atoms with E-state index < -0.39 is 260 Å². The van der Waals surface area contributed by atoms with Gasteiger partial charge in [-0.3, -0.25) is 86.3 Å². The Labute approximate surface area is 748 Å². The Morgan fingerprint density at radius 2 is 1.02 bits per heavy atom. The number of carbonyl (C=O) groups is 18. The van der Waals surface area contributed by atoms with E-state index in [0.29, 0.717) is 64.2 Å². The first-order chi connectivity index (χ1) is 61.4. The number of rotatable bonds is 24. The fraction of sp³-hybridized carbons (Fsp3) is 0.529. The second-order valence-corrected chi connectivity index (χ2v) is 33.4. The predicted molar refractivity (Wildman–Crippen MR) is 470 cm³/mol. The normalized spacial score (nSPS) is 25.3. The molecular weight excluding hydrogens is 1700 g/mol. The summed E-state index contributed by atoms with van der Waals surface area (Å²) in [5, 5.41) is 58.4. The summed E-state index contributed by atoms with van der Waals surface area (Å²) in [6.07, 6.45) is -0.369.